The summed E-state index contributed by atoms with van der Waals surface area (Å²) in [6, 6.07) is 4.14. The van der Waals surface area contributed by atoms with Crippen LogP contribution in [0.2, 0.25) is 0 Å². The summed E-state index contributed by atoms with van der Waals surface area (Å²) in [6.45, 7) is 5.75. The molecular formula is C13H20FN3O. The molecule has 100 valence electrons. The largest absolute Gasteiger partial charge is 0.397 e. The van der Waals surface area contributed by atoms with Crippen LogP contribution >= 0.6 is 0 Å². The number of halogens is 1. The second-order valence-corrected chi connectivity index (χ2v) is 3.97. The van der Waals surface area contributed by atoms with Gasteiger partial charge in [-0.15, -0.1) is 0 Å². The summed E-state index contributed by atoms with van der Waals surface area (Å²) in [5, 5.41) is 2.98. The number of nitrogen functional groups attached to an aromatic ring is 1. The summed E-state index contributed by atoms with van der Waals surface area (Å²) < 4.78 is 13.0. The first-order chi connectivity index (χ1) is 8.58. The quantitative estimate of drug-likeness (QED) is 0.763. The Morgan fingerprint density at radius 3 is 2.67 bits per heavy atom. The van der Waals surface area contributed by atoms with E-state index in [-0.39, 0.29) is 11.7 Å². The van der Waals surface area contributed by atoms with E-state index in [1.54, 1.807) is 4.90 Å². The Morgan fingerprint density at radius 1 is 1.39 bits per heavy atom. The van der Waals surface area contributed by atoms with Gasteiger partial charge < -0.3 is 16.0 Å². The highest BCUT2D eigenvalue weighted by molar-refractivity contribution is 5.77. The van der Waals surface area contributed by atoms with Crippen molar-refractivity contribution in [3.63, 3.8) is 0 Å². The Bertz CT molecular complexity index is 405. The predicted octanol–water partition coefficient (Wildman–Crippen LogP) is 2.08. The highest BCUT2D eigenvalue weighted by atomic mass is 19.1. The van der Waals surface area contributed by atoms with Crippen molar-refractivity contribution in [2.24, 2.45) is 0 Å². The number of hydrogen-bond donors (Lipinski definition) is 2. The lowest BCUT2D eigenvalue weighted by Gasteiger charge is -2.18. The molecule has 18 heavy (non-hydrogen) atoms. The molecule has 0 saturated heterocycles. The summed E-state index contributed by atoms with van der Waals surface area (Å²) >= 11 is 0. The molecule has 3 N–H and O–H groups in total. The van der Waals surface area contributed by atoms with Gasteiger partial charge in [-0.3, -0.25) is 4.79 Å². The predicted molar refractivity (Wildman–Crippen MR) is 71.8 cm³/mol. The van der Waals surface area contributed by atoms with Crippen molar-refractivity contribution in [1.29, 1.82) is 0 Å². The van der Waals surface area contributed by atoms with Crippen molar-refractivity contribution in [2.45, 2.75) is 20.3 Å². The van der Waals surface area contributed by atoms with Crippen molar-refractivity contribution in [3.8, 4) is 0 Å². The molecule has 1 rings (SSSR count). The maximum Gasteiger partial charge on any atom is 0.224 e. The van der Waals surface area contributed by atoms with E-state index in [1.807, 2.05) is 13.8 Å². The Kier molecular flexibility index (Phi) is 5.42. The fourth-order valence-corrected chi connectivity index (χ4v) is 1.72. The minimum atomic E-state index is -0.346. The van der Waals surface area contributed by atoms with Crippen LogP contribution in [0, 0.1) is 5.82 Å². The number of carbonyl (C=O) groups excluding carboxylic acids is 1. The third kappa shape index (κ3) is 3.91. The highest BCUT2D eigenvalue weighted by Gasteiger charge is 2.09. The molecule has 0 heterocycles. The lowest BCUT2D eigenvalue weighted by Crippen LogP contribution is -2.31. The normalized spacial score (nSPS) is 10.2. The second-order valence-electron chi connectivity index (χ2n) is 3.97. The van der Waals surface area contributed by atoms with Crippen LogP contribution in [0.4, 0.5) is 15.8 Å². The molecule has 1 aromatic rings. The van der Waals surface area contributed by atoms with Crippen molar-refractivity contribution in [2.75, 3.05) is 30.7 Å². The molecule has 0 atom stereocenters. The summed E-state index contributed by atoms with van der Waals surface area (Å²) in [7, 11) is 0. The van der Waals surface area contributed by atoms with Gasteiger partial charge >= 0.3 is 0 Å². The molecule has 5 heteroatoms. The van der Waals surface area contributed by atoms with Gasteiger partial charge in [0, 0.05) is 26.1 Å². The molecule has 1 aromatic carbocycles. The maximum absolute atomic E-state index is 13.0. The number of amides is 1. The van der Waals surface area contributed by atoms with Gasteiger partial charge in [0.2, 0.25) is 5.91 Å². The van der Waals surface area contributed by atoms with Crippen molar-refractivity contribution < 1.29 is 9.18 Å². The molecule has 0 radical (unpaired) electrons. The topological polar surface area (TPSA) is 58.4 Å². The number of anilines is 2. The molecule has 0 unspecified atom stereocenters. The van der Waals surface area contributed by atoms with Crippen LogP contribution in [-0.2, 0) is 4.79 Å². The molecule has 1 amide bonds. The van der Waals surface area contributed by atoms with Crippen molar-refractivity contribution in [3.05, 3.63) is 24.0 Å². The Morgan fingerprint density at radius 2 is 2.06 bits per heavy atom. The molecule has 0 saturated carbocycles. The summed E-state index contributed by atoms with van der Waals surface area (Å²) in [6.07, 6.45) is 0.373. The minimum Gasteiger partial charge on any atom is -0.397 e. The number of nitrogens with one attached hydrogen (secondary N) is 1. The van der Waals surface area contributed by atoms with E-state index in [9.17, 15) is 9.18 Å². The maximum atomic E-state index is 13.0. The molecule has 0 aliphatic carbocycles. The standard InChI is InChI=1S/C13H20FN3O/c1-3-17(4-2)13(18)7-8-16-12-9-10(14)5-6-11(12)15/h5-6,9,16H,3-4,7-8,15H2,1-2H3. The van der Waals surface area contributed by atoms with E-state index in [2.05, 4.69) is 5.32 Å². The van der Waals surface area contributed by atoms with Crippen LogP contribution in [0.25, 0.3) is 0 Å². The van der Waals surface area contributed by atoms with E-state index in [0.29, 0.717) is 37.4 Å². The van der Waals surface area contributed by atoms with Gasteiger partial charge in [-0.1, -0.05) is 0 Å². The highest BCUT2D eigenvalue weighted by Crippen LogP contribution is 2.18. The van der Waals surface area contributed by atoms with Crippen LogP contribution in [0.5, 0.6) is 0 Å². The molecule has 0 aliphatic rings. The first kappa shape index (κ1) is 14.3. The van der Waals surface area contributed by atoms with Crippen molar-refractivity contribution in [1.82, 2.24) is 4.90 Å². The first-order valence-electron chi connectivity index (χ1n) is 6.15. The van der Waals surface area contributed by atoms with E-state index in [0.717, 1.165) is 0 Å². The van der Waals surface area contributed by atoms with E-state index in [1.165, 1.54) is 18.2 Å². The third-order valence-corrected chi connectivity index (χ3v) is 2.79. The Balaban J connectivity index is 2.46. The molecule has 0 aliphatic heterocycles. The molecule has 0 bridgehead atoms. The van der Waals surface area contributed by atoms with Crippen LogP contribution in [0.15, 0.2) is 18.2 Å². The molecule has 0 spiro atoms. The van der Waals surface area contributed by atoms with Crippen LogP contribution < -0.4 is 11.1 Å². The number of rotatable bonds is 6. The number of benzene rings is 1. The number of nitrogens with two attached hydrogens (primary N) is 1. The second kappa shape index (κ2) is 6.83. The van der Waals surface area contributed by atoms with Gasteiger partial charge in [-0.05, 0) is 32.0 Å². The van der Waals surface area contributed by atoms with Gasteiger partial charge in [0.05, 0.1) is 11.4 Å². The number of carbonyl (C=O) groups is 1. The Labute approximate surface area is 107 Å². The number of nitrogens with zero attached hydrogens (tertiary/aromatic N) is 1. The number of hydrogen-bond acceptors (Lipinski definition) is 3. The SMILES string of the molecule is CCN(CC)C(=O)CCNc1cc(F)ccc1N. The van der Waals surface area contributed by atoms with Crippen LogP contribution in [0.3, 0.4) is 0 Å². The molecule has 0 fully saturated rings. The minimum absolute atomic E-state index is 0.0856. The zero-order chi connectivity index (χ0) is 13.5. The summed E-state index contributed by atoms with van der Waals surface area (Å²) in [4.78, 5) is 13.5. The van der Waals surface area contributed by atoms with Gasteiger partial charge in [0.15, 0.2) is 0 Å². The van der Waals surface area contributed by atoms with Crippen LogP contribution in [0.1, 0.15) is 20.3 Å². The molecule has 4 nitrogen and oxygen atoms in total. The fraction of sp³-hybridized carbons (Fsp3) is 0.462. The van der Waals surface area contributed by atoms with Gasteiger partial charge in [-0.2, -0.15) is 0 Å². The van der Waals surface area contributed by atoms with E-state index < -0.39 is 0 Å². The van der Waals surface area contributed by atoms with Gasteiger partial charge in [0.1, 0.15) is 5.82 Å². The third-order valence-electron chi connectivity index (χ3n) is 2.79. The fourth-order valence-electron chi connectivity index (χ4n) is 1.72. The summed E-state index contributed by atoms with van der Waals surface area (Å²) in [5.41, 5.74) is 6.70. The van der Waals surface area contributed by atoms with Crippen molar-refractivity contribution >= 4 is 17.3 Å². The smallest absolute Gasteiger partial charge is 0.224 e. The molecule has 0 aromatic heterocycles. The monoisotopic (exact) mass is 253 g/mol. The first-order valence-corrected chi connectivity index (χ1v) is 6.15. The average Bonchev–Trinajstić information content (AvgIpc) is 2.35. The zero-order valence-corrected chi connectivity index (χ0v) is 10.9. The average molecular weight is 253 g/mol. The van der Waals surface area contributed by atoms with Gasteiger partial charge in [0.25, 0.3) is 0 Å². The lowest BCUT2D eigenvalue weighted by molar-refractivity contribution is -0.130. The summed E-state index contributed by atoms with van der Waals surface area (Å²) in [5.74, 6) is -0.260. The van der Waals surface area contributed by atoms with E-state index >= 15 is 0 Å². The van der Waals surface area contributed by atoms with Gasteiger partial charge in [-0.25, -0.2) is 4.39 Å². The van der Waals surface area contributed by atoms with E-state index in [4.69, 9.17) is 5.73 Å². The molecular weight excluding hydrogens is 233 g/mol. The lowest BCUT2D eigenvalue weighted by atomic mass is 10.2. The Hall–Kier alpha value is -1.78. The zero-order valence-electron chi connectivity index (χ0n) is 10.9. The van der Waals surface area contributed by atoms with Crippen LogP contribution in [-0.4, -0.2) is 30.4 Å².